The molecule has 0 rings (SSSR count). The van der Waals surface area contributed by atoms with E-state index in [0.717, 1.165) is 0 Å². The molecule has 0 bridgehead atoms. The quantitative estimate of drug-likeness (QED) is 0.322. The third kappa shape index (κ3) is 25.2. The molecule has 0 aliphatic rings. The van der Waals surface area contributed by atoms with Gasteiger partial charge in [0.25, 0.3) is 0 Å². The molecular formula is CaCl3LiNa+. The zero-order valence-electron chi connectivity index (χ0n) is 3.84. The second-order valence-corrected chi connectivity index (χ2v) is 0. The van der Waals surface area contributed by atoms with Gasteiger partial charge in [-0.3, -0.25) is 0 Å². The van der Waals surface area contributed by atoms with Crippen LogP contribution in [0.1, 0.15) is 0 Å². The summed E-state index contributed by atoms with van der Waals surface area (Å²) in [5.41, 5.74) is 0. The van der Waals surface area contributed by atoms with Crippen molar-refractivity contribution in [2.24, 2.45) is 0 Å². The van der Waals surface area contributed by atoms with Gasteiger partial charge in [-0.15, -0.1) is 0 Å². The maximum Gasteiger partial charge on any atom is 2.00 e. The van der Waals surface area contributed by atoms with Gasteiger partial charge in [-0.1, -0.05) is 0 Å². The van der Waals surface area contributed by atoms with E-state index in [1.54, 1.807) is 0 Å². The summed E-state index contributed by atoms with van der Waals surface area (Å²) in [7, 11) is 0. The minimum atomic E-state index is 0. The summed E-state index contributed by atoms with van der Waals surface area (Å²) in [5, 5.41) is 0. The Hall–Kier alpha value is 3.73. The van der Waals surface area contributed by atoms with Gasteiger partial charge in [0.1, 0.15) is 0 Å². The van der Waals surface area contributed by atoms with Gasteiger partial charge < -0.3 is 37.2 Å². The Bertz CT molecular complexity index is 10.8. The van der Waals surface area contributed by atoms with Crippen molar-refractivity contribution in [2.45, 2.75) is 0 Å². The molecule has 6 heavy (non-hydrogen) atoms. The fraction of sp³-hybridized carbons (Fsp3) is 0. The smallest absolute Gasteiger partial charge is 1.00 e. The first-order chi connectivity index (χ1) is 0. The summed E-state index contributed by atoms with van der Waals surface area (Å²) in [5.74, 6) is 0. The van der Waals surface area contributed by atoms with E-state index in [4.69, 9.17) is 0 Å². The Kier molecular flexibility index (Phi) is 333. The topological polar surface area (TPSA) is 0 Å². The van der Waals surface area contributed by atoms with Crippen molar-refractivity contribution < 1.29 is 85.6 Å². The van der Waals surface area contributed by atoms with Gasteiger partial charge >= 0.3 is 86.2 Å². The molecule has 0 aromatic heterocycles. The Morgan fingerprint density at radius 3 is 0.667 bits per heavy atom. The van der Waals surface area contributed by atoms with Gasteiger partial charge in [-0.25, -0.2) is 0 Å². The van der Waals surface area contributed by atoms with Crippen LogP contribution in [-0.4, -0.2) is 37.7 Å². The Labute approximate surface area is 121 Å². The summed E-state index contributed by atoms with van der Waals surface area (Å²) in [6.07, 6.45) is 0. The predicted molar refractivity (Wildman–Crippen MR) is 5.75 cm³/mol. The van der Waals surface area contributed by atoms with Gasteiger partial charge in [-0.2, -0.15) is 0 Å². The van der Waals surface area contributed by atoms with Crippen molar-refractivity contribution in [3.05, 3.63) is 0 Å². The van der Waals surface area contributed by atoms with Crippen molar-refractivity contribution in [3.8, 4) is 0 Å². The monoisotopic (exact) mass is 175 g/mol. The molecule has 0 radical (unpaired) electrons. The van der Waals surface area contributed by atoms with E-state index >= 15 is 0 Å². The molecule has 0 heterocycles. The van der Waals surface area contributed by atoms with Crippen LogP contribution in [0.4, 0.5) is 0 Å². The molecular weight excluding hydrogens is 176 g/mol. The molecule has 0 N–H and O–H groups in total. The molecule has 0 atom stereocenters. The van der Waals surface area contributed by atoms with Crippen LogP contribution in [0, 0.1) is 0 Å². The fourth-order valence-corrected chi connectivity index (χ4v) is 0. The number of hydrogen-bond acceptors (Lipinski definition) is 0. The Morgan fingerprint density at radius 2 is 0.667 bits per heavy atom. The average molecular weight is 176 g/mol. The van der Waals surface area contributed by atoms with Gasteiger partial charge in [0, 0.05) is 0 Å². The third-order valence-corrected chi connectivity index (χ3v) is 0. The number of hydrogen-bond donors (Lipinski definition) is 0. The van der Waals surface area contributed by atoms with E-state index in [2.05, 4.69) is 0 Å². The zero-order valence-corrected chi connectivity index (χ0v) is 10.3. The van der Waals surface area contributed by atoms with Crippen LogP contribution >= 0.6 is 0 Å². The summed E-state index contributed by atoms with van der Waals surface area (Å²) >= 11 is 0. The zero-order chi connectivity index (χ0) is 0. The van der Waals surface area contributed by atoms with Gasteiger partial charge in [0.15, 0.2) is 0 Å². The summed E-state index contributed by atoms with van der Waals surface area (Å²) in [6, 6.07) is 0. The molecule has 0 aromatic rings. The molecule has 0 nitrogen and oxygen atoms in total. The van der Waals surface area contributed by atoms with Crippen LogP contribution < -0.4 is 85.6 Å². The van der Waals surface area contributed by atoms with Crippen LogP contribution in [0.2, 0.25) is 0 Å². The Morgan fingerprint density at radius 1 is 0.667 bits per heavy atom. The average Bonchev–Trinajstić information content (AvgIpc) is 0. The van der Waals surface area contributed by atoms with Gasteiger partial charge in [0.05, 0.1) is 0 Å². The molecule has 0 fully saturated rings. The van der Waals surface area contributed by atoms with E-state index < -0.39 is 0 Å². The van der Waals surface area contributed by atoms with Crippen molar-refractivity contribution in [1.29, 1.82) is 0 Å². The summed E-state index contributed by atoms with van der Waals surface area (Å²) in [4.78, 5) is 0. The standard InChI is InChI=1S/Ca.3ClH.Li.Na/h;3*1H;;/q+2;;;;2*+1/p-3. The predicted octanol–water partition coefficient (Wildman–Crippen LogP) is -15.4. The molecule has 6 heteroatoms. The van der Waals surface area contributed by atoms with E-state index in [-0.39, 0.29) is 123 Å². The van der Waals surface area contributed by atoms with Crippen LogP contribution in [-0.2, 0) is 0 Å². The maximum atomic E-state index is 0. The number of halogens is 3. The van der Waals surface area contributed by atoms with Crippen molar-refractivity contribution in [2.75, 3.05) is 0 Å². The van der Waals surface area contributed by atoms with Crippen molar-refractivity contribution in [1.82, 2.24) is 0 Å². The first-order valence-corrected chi connectivity index (χ1v) is 0. The molecule has 0 saturated heterocycles. The molecule has 0 aromatic carbocycles. The first kappa shape index (κ1) is 53.3. The largest absolute Gasteiger partial charge is 2.00 e. The first-order valence-electron chi connectivity index (χ1n) is 0. The van der Waals surface area contributed by atoms with Crippen molar-refractivity contribution >= 4 is 37.7 Å². The minimum absolute atomic E-state index is 0. The molecule has 0 aliphatic heterocycles. The fourth-order valence-electron chi connectivity index (χ4n) is 0. The Balaban J connectivity index is 0. The van der Waals surface area contributed by atoms with Crippen LogP contribution in [0.15, 0.2) is 0 Å². The van der Waals surface area contributed by atoms with Crippen LogP contribution in [0.25, 0.3) is 0 Å². The molecule has 0 spiro atoms. The third-order valence-electron chi connectivity index (χ3n) is 0. The molecule has 24 valence electrons. The molecule has 0 aliphatic carbocycles. The molecule has 0 amide bonds. The maximum absolute atomic E-state index is 0. The molecule has 0 unspecified atom stereocenters. The molecule has 0 saturated carbocycles. The van der Waals surface area contributed by atoms with E-state index in [1.807, 2.05) is 0 Å². The van der Waals surface area contributed by atoms with E-state index in [1.165, 1.54) is 0 Å². The van der Waals surface area contributed by atoms with Gasteiger partial charge in [0.2, 0.25) is 0 Å². The van der Waals surface area contributed by atoms with Crippen LogP contribution in [0.5, 0.6) is 0 Å². The van der Waals surface area contributed by atoms with Crippen LogP contribution in [0.3, 0.4) is 0 Å². The minimum Gasteiger partial charge on any atom is -1.00 e. The summed E-state index contributed by atoms with van der Waals surface area (Å²) in [6.45, 7) is 0. The second kappa shape index (κ2) is 37.5. The van der Waals surface area contributed by atoms with E-state index in [9.17, 15) is 0 Å². The van der Waals surface area contributed by atoms with Gasteiger partial charge in [-0.05, 0) is 0 Å². The SMILES string of the molecule is [Ca+2].[Cl-].[Cl-].[Cl-].[Li+].[Na+]. The number of rotatable bonds is 0. The normalized spacial score (nSPS) is 0. The summed E-state index contributed by atoms with van der Waals surface area (Å²) < 4.78 is 0. The van der Waals surface area contributed by atoms with Crippen molar-refractivity contribution in [3.63, 3.8) is 0 Å². The second-order valence-electron chi connectivity index (χ2n) is 0. The van der Waals surface area contributed by atoms with E-state index in [0.29, 0.717) is 0 Å².